The van der Waals surface area contributed by atoms with Crippen LogP contribution in [0.5, 0.6) is 0 Å². The Morgan fingerprint density at radius 1 is 0.969 bits per heavy atom. The molecule has 0 aliphatic rings. The zero-order valence-corrected chi connectivity index (χ0v) is 18.9. The first-order chi connectivity index (χ1) is 15.5. The molecule has 0 unspecified atom stereocenters. The fourth-order valence-electron chi connectivity index (χ4n) is 3.02. The van der Waals surface area contributed by atoms with Gasteiger partial charge in [0.05, 0.1) is 12.2 Å². The lowest BCUT2D eigenvalue weighted by molar-refractivity contribution is 0.0459. The summed E-state index contributed by atoms with van der Waals surface area (Å²) in [6, 6.07) is 15.3. The molecule has 0 aliphatic carbocycles. The Morgan fingerprint density at radius 2 is 1.53 bits per heavy atom. The molecule has 0 bridgehead atoms. The van der Waals surface area contributed by atoms with E-state index >= 15 is 0 Å². The predicted molar refractivity (Wildman–Crippen MR) is 130 cm³/mol. The minimum atomic E-state index is -0.334. The molecule has 0 fully saturated rings. The van der Waals surface area contributed by atoms with Crippen LogP contribution in [-0.4, -0.2) is 22.5 Å². The van der Waals surface area contributed by atoms with Gasteiger partial charge >= 0.3 is 5.97 Å². The van der Waals surface area contributed by atoms with Crippen LogP contribution in [0.3, 0.4) is 0 Å². The highest BCUT2D eigenvalue weighted by atomic mass is 16.5. The molecule has 7 nitrogen and oxygen atoms in total. The molecular weight excluding hydrogens is 402 g/mol. The standard InChI is InChI=1S/C25H31N5O2/c1-4-5-6-18-7-11-20(12-8-18)29-23-22(26)24(28-16-27-23)30-21-13-9-19(10-14-21)25(31)32-15-17(2)3/h7-14,16-17H,4-6,15,26H2,1-3H3,(H2,27,28,29,30). The van der Waals surface area contributed by atoms with Crippen molar-refractivity contribution in [3.63, 3.8) is 0 Å². The SMILES string of the molecule is CCCCc1ccc(Nc2ncnc(Nc3ccc(C(=O)OCC(C)C)cc3)c2N)cc1. The third-order valence-corrected chi connectivity index (χ3v) is 4.85. The molecule has 3 rings (SSSR count). The van der Waals surface area contributed by atoms with Crippen LogP contribution in [-0.2, 0) is 11.2 Å². The van der Waals surface area contributed by atoms with E-state index in [4.69, 9.17) is 10.5 Å². The summed E-state index contributed by atoms with van der Waals surface area (Å²) in [6.07, 6.45) is 4.89. The largest absolute Gasteiger partial charge is 0.462 e. The minimum Gasteiger partial charge on any atom is -0.462 e. The Balaban J connectivity index is 1.66. The van der Waals surface area contributed by atoms with E-state index < -0.39 is 0 Å². The van der Waals surface area contributed by atoms with Gasteiger partial charge in [-0.3, -0.25) is 0 Å². The number of hydrogen-bond acceptors (Lipinski definition) is 7. The molecule has 0 saturated carbocycles. The molecule has 4 N–H and O–H groups in total. The van der Waals surface area contributed by atoms with Gasteiger partial charge < -0.3 is 21.1 Å². The van der Waals surface area contributed by atoms with Gasteiger partial charge in [0.2, 0.25) is 0 Å². The smallest absolute Gasteiger partial charge is 0.338 e. The monoisotopic (exact) mass is 433 g/mol. The van der Waals surface area contributed by atoms with Gasteiger partial charge in [-0.25, -0.2) is 14.8 Å². The average molecular weight is 434 g/mol. The normalized spacial score (nSPS) is 10.8. The summed E-state index contributed by atoms with van der Waals surface area (Å²) in [5.74, 6) is 0.969. The van der Waals surface area contributed by atoms with E-state index in [0.717, 1.165) is 17.8 Å². The summed E-state index contributed by atoms with van der Waals surface area (Å²) in [4.78, 5) is 20.6. The summed E-state index contributed by atoms with van der Waals surface area (Å²) in [5.41, 5.74) is 10.2. The second kappa shape index (κ2) is 11.1. The maximum atomic E-state index is 12.1. The number of hydrogen-bond donors (Lipinski definition) is 3. The molecule has 32 heavy (non-hydrogen) atoms. The third-order valence-electron chi connectivity index (χ3n) is 4.85. The number of unbranched alkanes of at least 4 members (excludes halogenated alkanes) is 1. The number of aromatic nitrogens is 2. The number of carbonyl (C=O) groups is 1. The summed E-state index contributed by atoms with van der Waals surface area (Å²) in [5, 5.41) is 6.43. The number of aryl methyl sites for hydroxylation is 1. The van der Waals surface area contributed by atoms with E-state index in [2.05, 4.69) is 39.7 Å². The van der Waals surface area contributed by atoms with Crippen molar-refractivity contribution in [2.75, 3.05) is 23.0 Å². The molecule has 0 saturated heterocycles. The van der Waals surface area contributed by atoms with Gasteiger partial charge in [-0.15, -0.1) is 0 Å². The van der Waals surface area contributed by atoms with Gasteiger partial charge in [-0.2, -0.15) is 0 Å². The van der Waals surface area contributed by atoms with E-state index in [0.29, 0.717) is 35.4 Å². The van der Waals surface area contributed by atoms with Gasteiger partial charge in [0.25, 0.3) is 0 Å². The van der Waals surface area contributed by atoms with E-state index in [1.165, 1.54) is 24.7 Å². The zero-order valence-electron chi connectivity index (χ0n) is 18.9. The fourth-order valence-corrected chi connectivity index (χ4v) is 3.02. The van der Waals surface area contributed by atoms with Crippen molar-refractivity contribution >= 4 is 34.7 Å². The molecular formula is C25H31N5O2. The third kappa shape index (κ3) is 6.44. The second-order valence-electron chi connectivity index (χ2n) is 8.10. The molecule has 0 aliphatic heterocycles. The molecule has 3 aromatic rings. The number of nitrogens with one attached hydrogen (secondary N) is 2. The minimum absolute atomic E-state index is 0.294. The van der Waals surface area contributed by atoms with Crippen LogP contribution in [0.15, 0.2) is 54.9 Å². The Hall–Kier alpha value is -3.61. The summed E-state index contributed by atoms with van der Waals surface area (Å²) >= 11 is 0. The molecule has 2 aromatic carbocycles. The molecule has 0 amide bonds. The maximum Gasteiger partial charge on any atom is 0.338 e. The Bertz CT molecular complexity index is 1020. The fraction of sp³-hybridized carbons (Fsp3) is 0.320. The van der Waals surface area contributed by atoms with Crippen LogP contribution in [0.2, 0.25) is 0 Å². The Kier molecular flexibility index (Phi) is 8.02. The predicted octanol–water partition coefficient (Wildman–Crippen LogP) is 5.70. The van der Waals surface area contributed by atoms with Crippen molar-refractivity contribution in [2.45, 2.75) is 40.0 Å². The molecule has 1 heterocycles. The molecule has 7 heteroatoms. The highest BCUT2D eigenvalue weighted by molar-refractivity contribution is 5.90. The molecule has 168 valence electrons. The number of ether oxygens (including phenoxy) is 1. The van der Waals surface area contributed by atoms with E-state index in [9.17, 15) is 4.79 Å². The number of benzene rings is 2. The second-order valence-corrected chi connectivity index (χ2v) is 8.10. The van der Waals surface area contributed by atoms with Crippen molar-refractivity contribution in [2.24, 2.45) is 5.92 Å². The van der Waals surface area contributed by atoms with Crippen LogP contribution >= 0.6 is 0 Å². The summed E-state index contributed by atoms with van der Waals surface area (Å²) in [6.45, 7) is 6.58. The molecule has 0 radical (unpaired) electrons. The van der Waals surface area contributed by atoms with E-state index in [1.807, 2.05) is 26.0 Å². The van der Waals surface area contributed by atoms with Gasteiger partial charge in [-0.05, 0) is 60.7 Å². The van der Waals surface area contributed by atoms with Gasteiger partial charge in [0.15, 0.2) is 11.6 Å². The number of nitrogens with two attached hydrogens (primary N) is 1. The highest BCUT2D eigenvalue weighted by Gasteiger charge is 2.11. The highest BCUT2D eigenvalue weighted by Crippen LogP contribution is 2.28. The number of carbonyl (C=O) groups excluding carboxylic acids is 1. The molecule has 1 aromatic heterocycles. The molecule has 0 atom stereocenters. The van der Waals surface area contributed by atoms with E-state index in [-0.39, 0.29) is 5.97 Å². The Labute approximate surface area is 189 Å². The lowest BCUT2D eigenvalue weighted by Gasteiger charge is -2.13. The van der Waals surface area contributed by atoms with Crippen LogP contribution in [0.25, 0.3) is 0 Å². The van der Waals surface area contributed by atoms with Crippen molar-refractivity contribution < 1.29 is 9.53 Å². The lowest BCUT2D eigenvalue weighted by atomic mass is 10.1. The number of esters is 1. The number of nitrogen functional groups attached to an aromatic ring is 1. The van der Waals surface area contributed by atoms with Crippen molar-refractivity contribution in [3.8, 4) is 0 Å². The summed E-state index contributed by atoms with van der Waals surface area (Å²) < 4.78 is 5.26. The number of rotatable bonds is 10. The first-order valence-corrected chi connectivity index (χ1v) is 11.0. The van der Waals surface area contributed by atoms with Gasteiger partial charge in [0.1, 0.15) is 12.0 Å². The quantitative estimate of drug-likeness (QED) is 0.352. The first-order valence-electron chi connectivity index (χ1n) is 11.0. The van der Waals surface area contributed by atoms with Crippen LogP contribution in [0, 0.1) is 5.92 Å². The maximum absolute atomic E-state index is 12.1. The number of nitrogens with zero attached hydrogens (tertiary/aromatic N) is 2. The zero-order chi connectivity index (χ0) is 22.9. The summed E-state index contributed by atoms with van der Waals surface area (Å²) in [7, 11) is 0. The average Bonchev–Trinajstić information content (AvgIpc) is 2.80. The molecule has 0 spiro atoms. The van der Waals surface area contributed by atoms with Crippen LogP contribution < -0.4 is 16.4 Å². The van der Waals surface area contributed by atoms with Gasteiger partial charge in [0, 0.05) is 11.4 Å². The van der Waals surface area contributed by atoms with Crippen LogP contribution in [0.4, 0.5) is 28.7 Å². The van der Waals surface area contributed by atoms with Crippen LogP contribution in [0.1, 0.15) is 49.5 Å². The first kappa shape index (κ1) is 23.1. The topological polar surface area (TPSA) is 102 Å². The number of anilines is 5. The van der Waals surface area contributed by atoms with Crippen molar-refractivity contribution in [1.82, 2.24) is 9.97 Å². The Morgan fingerprint density at radius 3 is 2.06 bits per heavy atom. The van der Waals surface area contributed by atoms with E-state index in [1.54, 1.807) is 24.3 Å². The van der Waals surface area contributed by atoms with Crippen molar-refractivity contribution in [3.05, 3.63) is 66.0 Å². The van der Waals surface area contributed by atoms with Gasteiger partial charge in [-0.1, -0.05) is 39.3 Å². The van der Waals surface area contributed by atoms with Crippen molar-refractivity contribution in [1.29, 1.82) is 0 Å². The lowest BCUT2D eigenvalue weighted by Crippen LogP contribution is -2.10.